The molecule has 3 nitrogen and oxygen atoms in total. The summed E-state index contributed by atoms with van der Waals surface area (Å²) in [4.78, 5) is 6.53. The molecular formula is C14H16ClF2N3. The third-order valence-corrected chi connectivity index (χ3v) is 4.14. The molecule has 0 saturated carbocycles. The van der Waals surface area contributed by atoms with E-state index in [1.54, 1.807) is 4.57 Å². The number of benzene rings is 1. The van der Waals surface area contributed by atoms with Crippen LogP contribution < -0.4 is 0 Å². The second-order valence-corrected chi connectivity index (χ2v) is 5.59. The average molecular weight is 300 g/mol. The van der Waals surface area contributed by atoms with Gasteiger partial charge in [-0.05, 0) is 38.6 Å². The van der Waals surface area contributed by atoms with Gasteiger partial charge in [0.05, 0.1) is 11.4 Å². The topological polar surface area (TPSA) is 21.1 Å². The van der Waals surface area contributed by atoms with Crippen LogP contribution >= 0.6 is 11.6 Å². The molecule has 1 aromatic carbocycles. The van der Waals surface area contributed by atoms with Gasteiger partial charge in [-0.1, -0.05) is 0 Å². The molecule has 2 aromatic rings. The molecule has 3 rings (SSSR count). The Bertz CT molecular complexity index is 641. The minimum absolute atomic E-state index is 0.0869. The summed E-state index contributed by atoms with van der Waals surface area (Å²) >= 11 is 5.94. The second-order valence-electron chi connectivity index (χ2n) is 5.32. The lowest BCUT2D eigenvalue weighted by Gasteiger charge is -2.31. The summed E-state index contributed by atoms with van der Waals surface area (Å²) in [6.07, 6.45) is 1.95. The van der Waals surface area contributed by atoms with E-state index in [1.807, 2.05) is 7.05 Å². The van der Waals surface area contributed by atoms with Crippen molar-refractivity contribution in [1.29, 1.82) is 0 Å². The highest BCUT2D eigenvalue weighted by Crippen LogP contribution is 2.30. The number of halogens is 3. The van der Waals surface area contributed by atoms with Crippen molar-refractivity contribution in [1.82, 2.24) is 14.5 Å². The molecule has 1 unspecified atom stereocenters. The molecule has 1 aliphatic heterocycles. The molecule has 6 heteroatoms. The maximum atomic E-state index is 14.2. The highest BCUT2D eigenvalue weighted by molar-refractivity contribution is 6.16. The number of fused-ring (bicyclic) bond motifs is 1. The molecule has 0 N–H and O–H groups in total. The van der Waals surface area contributed by atoms with Gasteiger partial charge in [0, 0.05) is 12.6 Å². The van der Waals surface area contributed by atoms with Crippen LogP contribution in [0.1, 0.15) is 24.7 Å². The summed E-state index contributed by atoms with van der Waals surface area (Å²) in [6.45, 7) is 1.82. The number of hydrogen-bond donors (Lipinski definition) is 0. The molecule has 0 bridgehead atoms. The number of piperidine rings is 1. The Morgan fingerprint density at radius 3 is 2.90 bits per heavy atom. The van der Waals surface area contributed by atoms with E-state index >= 15 is 0 Å². The van der Waals surface area contributed by atoms with Crippen LogP contribution in [0, 0.1) is 11.6 Å². The number of nitrogens with zero attached hydrogens (tertiary/aromatic N) is 3. The first kappa shape index (κ1) is 13.8. The van der Waals surface area contributed by atoms with Crippen LogP contribution in [0.5, 0.6) is 0 Å². The fourth-order valence-corrected chi connectivity index (χ4v) is 3.20. The third kappa shape index (κ3) is 2.19. The number of likely N-dealkylation sites (tertiary alicyclic amines) is 1. The van der Waals surface area contributed by atoms with Crippen LogP contribution in [-0.2, 0) is 5.88 Å². The van der Waals surface area contributed by atoms with Gasteiger partial charge in [0.2, 0.25) is 0 Å². The van der Waals surface area contributed by atoms with Gasteiger partial charge in [0.15, 0.2) is 11.6 Å². The molecular weight excluding hydrogens is 284 g/mol. The summed E-state index contributed by atoms with van der Waals surface area (Å²) in [5.41, 5.74) is 0.703. The molecule has 0 spiro atoms. The van der Waals surface area contributed by atoms with Crippen LogP contribution in [0.3, 0.4) is 0 Å². The highest BCUT2D eigenvalue weighted by Gasteiger charge is 2.25. The Kier molecular flexibility index (Phi) is 3.65. The first-order chi connectivity index (χ1) is 9.61. The molecule has 1 saturated heterocycles. The van der Waals surface area contributed by atoms with Gasteiger partial charge >= 0.3 is 0 Å². The van der Waals surface area contributed by atoms with Gasteiger partial charge in [0.25, 0.3) is 0 Å². The van der Waals surface area contributed by atoms with E-state index in [-0.39, 0.29) is 17.4 Å². The fourth-order valence-electron chi connectivity index (χ4n) is 3.01. The first-order valence-electron chi connectivity index (χ1n) is 6.71. The third-order valence-electron chi connectivity index (χ3n) is 3.90. The van der Waals surface area contributed by atoms with Crippen LogP contribution in [0.2, 0.25) is 0 Å². The van der Waals surface area contributed by atoms with Gasteiger partial charge in [-0.2, -0.15) is 0 Å². The van der Waals surface area contributed by atoms with Gasteiger partial charge in [-0.15, -0.1) is 11.6 Å². The first-order valence-corrected chi connectivity index (χ1v) is 7.24. The van der Waals surface area contributed by atoms with E-state index in [0.717, 1.165) is 32.0 Å². The zero-order chi connectivity index (χ0) is 14.3. The Balaban J connectivity index is 2.18. The van der Waals surface area contributed by atoms with Crippen LogP contribution in [0.15, 0.2) is 12.1 Å². The highest BCUT2D eigenvalue weighted by atomic mass is 35.5. The quantitative estimate of drug-likeness (QED) is 0.793. The summed E-state index contributed by atoms with van der Waals surface area (Å²) in [5.74, 6) is -0.884. The number of rotatable bonds is 2. The summed E-state index contributed by atoms with van der Waals surface area (Å²) in [5, 5.41) is 0. The number of imidazole rings is 1. The summed E-state index contributed by atoms with van der Waals surface area (Å²) < 4.78 is 29.5. The van der Waals surface area contributed by atoms with Crippen molar-refractivity contribution >= 4 is 22.6 Å². The minimum Gasteiger partial charge on any atom is -0.320 e. The minimum atomic E-state index is -0.844. The maximum Gasteiger partial charge on any atom is 0.184 e. The van der Waals surface area contributed by atoms with E-state index in [4.69, 9.17) is 11.6 Å². The van der Waals surface area contributed by atoms with Crippen molar-refractivity contribution in [2.45, 2.75) is 24.8 Å². The number of likely N-dealkylation sites (N-methyl/N-ethyl adjacent to an activating group) is 1. The molecule has 1 aliphatic rings. The lowest BCUT2D eigenvalue weighted by molar-refractivity contribution is 0.212. The van der Waals surface area contributed by atoms with Crippen LogP contribution in [0.25, 0.3) is 11.0 Å². The predicted molar refractivity (Wildman–Crippen MR) is 75.0 cm³/mol. The molecule has 1 aromatic heterocycles. The van der Waals surface area contributed by atoms with E-state index in [0.29, 0.717) is 11.3 Å². The number of alkyl halides is 1. The van der Waals surface area contributed by atoms with Crippen LogP contribution in [0.4, 0.5) is 8.78 Å². The molecule has 0 radical (unpaired) electrons. The van der Waals surface area contributed by atoms with Crippen molar-refractivity contribution in [3.05, 3.63) is 29.6 Å². The fraction of sp³-hybridized carbons (Fsp3) is 0.500. The van der Waals surface area contributed by atoms with Crippen molar-refractivity contribution < 1.29 is 8.78 Å². The number of aromatic nitrogens is 2. The van der Waals surface area contributed by atoms with Crippen molar-refractivity contribution in [3.8, 4) is 0 Å². The molecule has 1 fully saturated rings. The van der Waals surface area contributed by atoms with Crippen LogP contribution in [-0.4, -0.2) is 34.6 Å². The van der Waals surface area contributed by atoms with E-state index in [1.165, 1.54) is 6.07 Å². The molecule has 0 amide bonds. The maximum absolute atomic E-state index is 14.2. The van der Waals surface area contributed by atoms with E-state index < -0.39 is 11.6 Å². The smallest absolute Gasteiger partial charge is 0.184 e. The number of hydrogen-bond acceptors (Lipinski definition) is 2. The summed E-state index contributed by atoms with van der Waals surface area (Å²) in [6, 6.07) is 2.70. The monoisotopic (exact) mass is 299 g/mol. The Labute approximate surface area is 121 Å². The zero-order valence-electron chi connectivity index (χ0n) is 11.2. The molecule has 20 heavy (non-hydrogen) atoms. The lowest BCUT2D eigenvalue weighted by atomic mass is 10.1. The van der Waals surface area contributed by atoms with Gasteiger partial charge in [0.1, 0.15) is 11.3 Å². The van der Waals surface area contributed by atoms with Crippen molar-refractivity contribution in [3.63, 3.8) is 0 Å². The van der Waals surface area contributed by atoms with E-state index in [2.05, 4.69) is 9.88 Å². The van der Waals surface area contributed by atoms with Gasteiger partial charge in [-0.3, -0.25) is 0 Å². The Hall–Kier alpha value is -1.20. The second kappa shape index (κ2) is 5.30. The standard InChI is InChI=1S/C14H16ClF2N3/c1-19-6-2-3-9(8-19)20-12(7-15)18-11-5-4-10(16)13(17)14(11)20/h4-5,9H,2-3,6-8H2,1H3. The van der Waals surface area contributed by atoms with Gasteiger partial charge in [-0.25, -0.2) is 13.8 Å². The SMILES string of the molecule is CN1CCCC(n2c(CCl)nc3ccc(F)c(F)c32)C1. The van der Waals surface area contributed by atoms with Crippen molar-refractivity contribution in [2.75, 3.05) is 20.1 Å². The molecule has 2 heterocycles. The Morgan fingerprint density at radius 1 is 1.40 bits per heavy atom. The molecule has 108 valence electrons. The predicted octanol–water partition coefficient (Wildman–Crippen LogP) is 3.32. The Morgan fingerprint density at radius 2 is 2.20 bits per heavy atom. The van der Waals surface area contributed by atoms with E-state index in [9.17, 15) is 8.78 Å². The lowest BCUT2D eigenvalue weighted by Crippen LogP contribution is -2.34. The molecule has 1 atom stereocenters. The van der Waals surface area contributed by atoms with Crippen molar-refractivity contribution in [2.24, 2.45) is 0 Å². The zero-order valence-corrected chi connectivity index (χ0v) is 12.0. The summed E-state index contributed by atoms with van der Waals surface area (Å²) in [7, 11) is 2.03. The molecule has 0 aliphatic carbocycles. The average Bonchev–Trinajstić information content (AvgIpc) is 2.82. The largest absolute Gasteiger partial charge is 0.320 e. The van der Waals surface area contributed by atoms with Gasteiger partial charge < -0.3 is 9.47 Å². The normalized spacial score (nSPS) is 20.7.